The minimum Gasteiger partial charge on any atom is -0.443 e. The number of hydrogen-bond donors (Lipinski definition) is 0. The fraction of sp³-hybridized carbons (Fsp3) is 0.214. The number of carbonyl (C=O) groups is 1. The van der Waals surface area contributed by atoms with E-state index in [4.69, 9.17) is 9.47 Å². The molecular weight excluding hydrogens is 591 g/mol. The molecule has 1 aliphatic heterocycles. The summed E-state index contributed by atoms with van der Waals surface area (Å²) in [5.74, 6) is -1.60. The van der Waals surface area contributed by atoms with Gasteiger partial charge in [-0.25, -0.2) is 13.6 Å². The van der Waals surface area contributed by atoms with E-state index in [1.807, 2.05) is 47.0 Å². The van der Waals surface area contributed by atoms with Gasteiger partial charge in [0.05, 0.1) is 17.2 Å². The average Bonchev–Trinajstić information content (AvgIpc) is 3.47. The molecule has 0 atom stereocenters. The summed E-state index contributed by atoms with van der Waals surface area (Å²) in [7, 11) is 0. The number of benzene rings is 3. The first-order valence-electron chi connectivity index (χ1n) is 12.0. The maximum Gasteiger partial charge on any atom is 0.435 e. The minimum atomic E-state index is -0.901. The van der Waals surface area contributed by atoms with Crippen LogP contribution in [-0.4, -0.2) is 33.7 Å². The number of hydrogen-bond acceptors (Lipinski definition) is 4. The summed E-state index contributed by atoms with van der Waals surface area (Å²) in [6, 6.07) is 17.3. The van der Waals surface area contributed by atoms with Crippen molar-refractivity contribution < 1.29 is 23.0 Å². The first-order valence-corrected chi connectivity index (χ1v) is 13.0. The van der Waals surface area contributed by atoms with Crippen molar-refractivity contribution >= 4 is 50.5 Å². The van der Waals surface area contributed by atoms with Crippen LogP contribution in [0.2, 0.25) is 0 Å². The van der Waals surface area contributed by atoms with E-state index >= 15 is 0 Å². The Hall–Kier alpha value is -3.31. The van der Waals surface area contributed by atoms with E-state index in [2.05, 4.69) is 27.7 Å². The summed E-state index contributed by atoms with van der Waals surface area (Å²) >= 11 is 2.31. The van der Waals surface area contributed by atoms with Gasteiger partial charge < -0.3 is 14.0 Å². The number of ether oxygens (including phenoxy) is 2. The van der Waals surface area contributed by atoms with Gasteiger partial charge in [0.1, 0.15) is 6.61 Å². The minimum absolute atomic E-state index is 0.140. The zero-order valence-electron chi connectivity index (χ0n) is 19.7. The molecule has 3 heterocycles. The van der Waals surface area contributed by atoms with E-state index in [-0.39, 0.29) is 12.5 Å². The molecule has 1 fully saturated rings. The zero-order valence-corrected chi connectivity index (χ0v) is 21.8. The number of halogens is 3. The number of aromatic nitrogens is 3. The third-order valence-corrected chi connectivity index (χ3v) is 7.91. The van der Waals surface area contributed by atoms with Crippen LogP contribution in [0.5, 0.6) is 0 Å². The van der Waals surface area contributed by atoms with Crippen LogP contribution in [-0.2, 0) is 16.1 Å². The van der Waals surface area contributed by atoms with Gasteiger partial charge in [-0.1, -0.05) is 30.3 Å². The molecule has 1 aliphatic rings. The second-order valence-corrected chi connectivity index (χ2v) is 10.1. The number of fused-ring (bicyclic) bond motifs is 2. The van der Waals surface area contributed by atoms with Crippen molar-refractivity contribution in [3.63, 3.8) is 0 Å². The fourth-order valence-corrected chi connectivity index (χ4v) is 6.06. The van der Waals surface area contributed by atoms with Crippen LogP contribution in [0.1, 0.15) is 30.0 Å². The van der Waals surface area contributed by atoms with E-state index in [9.17, 15) is 13.6 Å². The summed E-state index contributed by atoms with van der Waals surface area (Å²) in [5, 5.41) is 5.92. The molecule has 5 aromatic rings. The lowest BCUT2D eigenvalue weighted by molar-refractivity contribution is 0.0841. The molecule has 0 amide bonds. The Morgan fingerprint density at radius 1 is 1.03 bits per heavy atom. The molecule has 0 spiro atoms. The highest BCUT2D eigenvalue weighted by molar-refractivity contribution is 14.1. The smallest absolute Gasteiger partial charge is 0.435 e. The van der Waals surface area contributed by atoms with Gasteiger partial charge in [-0.2, -0.15) is 9.78 Å². The largest absolute Gasteiger partial charge is 0.443 e. The van der Waals surface area contributed by atoms with Crippen molar-refractivity contribution in [2.24, 2.45) is 0 Å². The standard InChI is InChI=1S/C28H22F2IN3O3/c29-22-7-6-20(13-23(22)30)33-25-12-19-15-32-34(28(35)37-16-17-4-2-1-3-5-17)24(19)14-21(25)26(31)27(33)18-8-10-36-11-9-18/h1-7,12-15,18H,8-11,16H2. The number of carbonyl (C=O) groups excluding carboxylic acids is 1. The highest BCUT2D eigenvalue weighted by Gasteiger charge is 2.27. The normalized spacial score (nSPS) is 14.5. The lowest BCUT2D eigenvalue weighted by Gasteiger charge is -2.24. The molecule has 6 rings (SSSR count). The molecule has 9 heteroatoms. The van der Waals surface area contributed by atoms with Crippen LogP contribution < -0.4 is 0 Å². The molecule has 0 saturated carbocycles. The predicted octanol–water partition coefficient (Wildman–Crippen LogP) is 6.94. The van der Waals surface area contributed by atoms with E-state index in [1.54, 1.807) is 12.3 Å². The van der Waals surface area contributed by atoms with Gasteiger partial charge in [-0.15, -0.1) is 0 Å². The lowest BCUT2D eigenvalue weighted by Crippen LogP contribution is -2.17. The van der Waals surface area contributed by atoms with Gasteiger partial charge in [0, 0.05) is 50.9 Å². The Labute approximate surface area is 224 Å². The first-order chi connectivity index (χ1) is 18.0. The Balaban J connectivity index is 1.48. The fourth-order valence-electron chi connectivity index (χ4n) is 4.95. The Morgan fingerprint density at radius 3 is 2.57 bits per heavy atom. The molecule has 6 nitrogen and oxygen atoms in total. The molecule has 0 unspecified atom stereocenters. The molecule has 0 bridgehead atoms. The van der Waals surface area contributed by atoms with Crippen molar-refractivity contribution in [1.29, 1.82) is 0 Å². The molecule has 188 valence electrons. The molecule has 2 aromatic heterocycles. The van der Waals surface area contributed by atoms with Crippen LogP contribution >= 0.6 is 22.6 Å². The van der Waals surface area contributed by atoms with Crippen LogP contribution in [0.15, 0.2) is 66.9 Å². The number of nitrogens with zero attached hydrogens (tertiary/aromatic N) is 3. The third kappa shape index (κ3) is 4.40. The van der Waals surface area contributed by atoms with Crippen molar-refractivity contribution in [3.8, 4) is 5.69 Å². The van der Waals surface area contributed by atoms with Gasteiger partial charge in [-0.05, 0) is 65.3 Å². The quantitative estimate of drug-likeness (QED) is 0.206. The van der Waals surface area contributed by atoms with Crippen LogP contribution in [0.4, 0.5) is 13.6 Å². The maximum atomic E-state index is 14.3. The second kappa shape index (κ2) is 9.86. The van der Waals surface area contributed by atoms with Gasteiger partial charge in [0.2, 0.25) is 0 Å². The van der Waals surface area contributed by atoms with E-state index < -0.39 is 17.7 Å². The zero-order chi connectivity index (χ0) is 25.5. The summed E-state index contributed by atoms with van der Waals surface area (Å²) in [6.07, 6.45) is 2.70. The average molecular weight is 613 g/mol. The Kier molecular flexibility index (Phi) is 6.41. The summed E-state index contributed by atoms with van der Waals surface area (Å²) in [6.45, 7) is 1.43. The summed E-state index contributed by atoms with van der Waals surface area (Å²) in [4.78, 5) is 12.9. The monoisotopic (exact) mass is 613 g/mol. The van der Waals surface area contributed by atoms with Crippen molar-refractivity contribution in [2.45, 2.75) is 25.4 Å². The molecule has 0 radical (unpaired) electrons. The van der Waals surface area contributed by atoms with E-state index in [0.29, 0.717) is 24.4 Å². The molecule has 0 N–H and O–H groups in total. The van der Waals surface area contributed by atoms with Crippen molar-refractivity contribution in [1.82, 2.24) is 14.3 Å². The lowest BCUT2D eigenvalue weighted by atomic mass is 9.96. The summed E-state index contributed by atoms with van der Waals surface area (Å²) in [5.41, 5.74) is 3.91. The number of rotatable bonds is 4. The highest BCUT2D eigenvalue weighted by Crippen LogP contribution is 2.40. The van der Waals surface area contributed by atoms with E-state index in [0.717, 1.165) is 50.0 Å². The Bertz CT molecular complexity index is 1620. The molecule has 3 aromatic carbocycles. The van der Waals surface area contributed by atoms with Gasteiger partial charge in [0.15, 0.2) is 11.6 Å². The molecule has 37 heavy (non-hydrogen) atoms. The van der Waals surface area contributed by atoms with Crippen molar-refractivity contribution in [3.05, 3.63) is 93.3 Å². The Morgan fingerprint density at radius 2 is 1.81 bits per heavy atom. The highest BCUT2D eigenvalue weighted by atomic mass is 127. The topological polar surface area (TPSA) is 58.3 Å². The SMILES string of the molecule is O=C(OCc1ccccc1)n1ncc2cc3c(cc21)c(I)c(C1CCOCC1)n3-c1ccc(F)c(F)c1. The summed E-state index contributed by atoms with van der Waals surface area (Å²) < 4.78 is 43.4. The third-order valence-electron chi connectivity index (χ3n) is 6.78. The van der Waals surface area contributed by atoms with Crippen LogP contribution in [0.3, 0.4) is 0 Å². The predicted molar refractivity (Wildman–Crippen MR) is 144 cm³/mol. The molecule has 1 saturated heterocycles. The van der Waals surface area contributed by atoms with Crippen molar-refractivity contribution in [2.75, 3.05) is 13.2 Å². The van der Waals surface area contributed by atoms with Crippen LogP contribution in [0.25, 0.3) is 27.5 Å². The first kappa shape index (κ1) is 24.1. The van der Waals surface area contributed by atoms with Gasteiger partial charge in [0.25, 0.3) is 0 Å². The molecular formula is C28H22F2IN3O3. The van der Waals surface area contributed by atoms with Gasteiger partial charge >= 0.3 is 6.09 Å². The second-order valence-electron chi connectivity index (χ2n) is 9.04. The van der Waals surface area contributed by atoms with Gasteiger partial charge in [-0.3, -0.25) is 0 Å². The van der Waals surface area contributed by atoms with E-state index in [1.165, 1.54) is 10.7 Å². The molecule has 0 aliphatic carbocycles. The maximum absolute atomic E-state index is 14.3. The van der Waals surface area contributed by atoms with Crippen LogP contribution in [0, 0.1) is 15.2 Å².